The standard InChI is InChI=1S/C23H28N2O3S/c1-29(27,28)25-13-5-8-20-17-21(9-10-22(20)25)23(26)24-14-11-19(12-15-24)16-18-6-3-2-4-7-18/h2-4,6-7,9-10,17,19H,5,8,11-16H2,1H3. The van der Waals surface area contributed by atoms with Crippen LogP contribution >= 0.6 is 0 Å². The number of likely N-dealkylation sites (tertiary alicyclic amines) is 1. The van der Waals surface area contributed by atoms with E-state index in [1.807, 2.05) is 17.0 Å². The monoisotopic (exact) mass is 412 g/mol. The van der Waals surface area contributed by atoms with Crippen molar-refractivity contribution in [2.45, 2.75) is 32.1 Å². The molecule has 154 valence electrons. The zero-order chi connectivity index (χ0) is 20.4. The fourth-order valence-corrected chi connectivity index (χ4v) is 5.51. The maximum absolute atomic E-state index is 13.0. The lowest BCUT2D eigenvalue weighted by Crippen LogP contribution is -2.39. The minimum Gasteiger partial charge on any atom is -0.339 e. The Morgan fingerprint density at radius 2 is 1.76 bits per heavy atom. The maximum Gasteiger partial charge on any atom is 0.253 e. The second-order valence-electron chi connectivity index (χ2n) is 8.21. The molecule has 29 heavy (non-hydrogen) atoms. The van der Waals surface area contributed by atoms with E-state index in [1.54, 1.807) is 12.1 Å². The molecule has 1 saturated heterocycles. The highest BCUT2D eigenvalue weighted by molar-refractivity contribution is 7.92. The van der Waals surface area contributed by atoms with Gasteiger partial charge in [-0.2, -0.15) is 0 Å². The van der Waals surface area contributed by atoms with Crippen LogP contribution in [0.15, 0.2) is 48.5 Å². The number of fused-ring (bicyclic) bond motifs is 1. The van der Waals surface area contributed by atoms with Gasteiger partial charge < -0.3 is 4.90 Å². The summed E-state index contributed by atoms with van der Waals surface area (Å²) >= 11 is 0. The summed E-state index contributed by atoms with van der Waals surface area (Å²) in [4.78, 5) is 15.0. The minimum absolute atomic E-state index is 0.0578. The third-order valence-electron chi connectivity index (χ3n) is 6.07. The predicted octanol–water partition coefficient (Wildman–Crippen LogP) is 3.49. The molecule has 4 rings (SSSR count). The molecule has 0 spiro atoms. The molecule has 0 N–H and O–H groups in total. The third kappa shape index (κ3) is 4.47. The zero-order valence-electron chi connectivity index (χ0n) is 16.9. The number of anilines is 1. The summed E-state index contributed by atoms with van der Waals surface area (Å²) in [6, 6.07) is 16.0. The molecular formula is C23H28N2O3S. The molecule has 0 aliphatic carbocycles. The van der Waals surface area contributed by atoms with Crippen LogP contribution < -0.4 is 4.31 Å². The molecule has 0 unspecified atom stereocenters. The molecule has 2 aliphatic rings. The molecule has 5 nitrogen and oxygen atoms in total. The second-order valence-corrected chi connectivity index (χ2v) is 10.1. The van der Waals surface area contributed by atoms with Crippen LogP contribution in [-0.4, -0.2) is 45.1 Å². The van der Waals surface area contributed by atoms with Gasteiger partial charge in [0.25, 0.3) is 5.91 Å². The third-order valence-corrected chi connectivity index (χ3v) is 7.25. The van der Waals surface area contributed by atoms with Gasteiger partial charge in [0.1, 0.15) is 0 Å². The van der Waals surface area contributed by atoms with Crippen LogP contribution in [-0.2, 0) is 22.9 Å². The molecular weight excluding hydrogens is 384 g/mol. The van der Waals surface area contributed by atoms with Crippen molar-refractivity contribution in [2.75, 3.05) is 30.2 Å². The van der Waals surface area contributed by atoms with Crippen LogP contribution in [0.3, 0.4) is 0 Å². The summed E-state index contributed by atoms with van der Waals surface area (Å²) in [5, 5.41) is 0. The van der Waals surface area contributed by atoms with E-state index >= 15 is 0 Å². The van der Waals surface area contributed by atoms with Gasteiger partial charge in [-0.05, 0) is 67.3 Å². The van der Waals surface area contributed by atoms with Crippen LogP contribution in [0.1, 0.15) is 40.7 Å². The van der Waals surface area contributed by atoms with Crippen molar-refractivity contribution in [1.29, 1.82) is 0 Å². The number of aryl methyl sites for hydroxylation is 1. The molecule has 0 saturated carbocycles. The highest BCUT2D eigenvalue weighted by atomic mass is 32.2. The van der Waals surface area contributed by atoms with Crippen molar-refractivity contribution in [1.82, 2.24) is 4.90 Å². The van der Waals surface area contributed by atoms with Gasteiger partial charge in [-0.1, -0.05) is 30.3 Å². The number of carbonyl (C=O) groups is 1. The first-order chi connectivity index (χ1) is 13.9. The summed E-state index contributed by atoms with van der Waals surface area (Å²) in [6.07, 6.45) is 5.94. The number of carbonyl (C=O) groups excluding carboxylic acids is 1. The van der Waals surface area contributed by atoms with Crippen molar-refractivity contribution in [3.05, 3.63) is 65.2 Å². The molecule has 2 aromatic carbocycles. The Morgan fingerprint density at radius 1 is 1.03 bits per heavy atom. The van der Waals surface area contributed by atoms with E-state index in [9.17, 15) is 13.2 Å². The van der Waals surface area contributed by atoms with Crippen LogP contribution in [0.2, 0.25) is 0 Å². The molecule has 1 fully saturated rings. The van der Waals surface area contributed by atoms with Crippen LogP contribution in [0.25, 0.3) is 0 Å². The van der Waals surface area contributed by atoms with E-state index < -0.39 is 10.0 Å². The van der Waals surface area contributed by atoms with Crippen molar-refractivity contribution in [3.8, 4) is 0 Å². The summed E-state index contributed by atoms with van der Waals surface area (Å²) < 4.78 is 25.5. The SMILES string of the molecule is CS(=O)(=O)N1CCCc2cc(C(=O)N3CCC(Cc4ccccc4)CC3)ccc21. The normalized spacial score (nSPS) is 17.8. The van der Waals surface area contributed by atoms with E-state index in [0.29, 0.717) is 18.0 Å². The molecule has 6 heteroatoms. The molecule has 2 aliphatic heterocycles. The summed E-state index contributed by atoms with van der Waals surface area (Å²) in [5.41, 5.74) is 3.70. The Hall–Kier alpha value is -2.34. The number of sulfonamides is 1. The summed E-state index contributed by atoms with van der Waals surface area (Å²) in [7, 11) is -3.29. The van der Waals surface area contributed by atoms with Gasteiger partial charge in [0.05, 0.1) is 11.9 Å². The first-order valence-corrected chi connectivity index (χ1v) is 12.2. The molecule has 2 heterocycles. The number of hydrogen-bond acceptors (Lipinski definition) is 3. The number of benzene rings is 2. The zero-order valence-corrected chi connectivity index (χ0v) is 17.7. The fraction of sp³-hybridized carbons (Fsp3) is 0.435. The predicted molar refractivity (Wildman–Crippen MR) is 116 cm³/mol. The Morgan fingerprint density at radius 3 is 2.45 bits per heavy atom. The molecule has 2 aromatic rings. The number of rotatable bonds is 4. The van der Waals surface area contributed by atoms with Gasteiger partial charge in [0, 0.05) is 25.2 Å². The fourth-order valence-electron chi connectivity index (χ4n) is 4.51. The Labute approximate surface area is 173 Å². The molecule has 0 atom stereocenters. The number of piperidine rings is 1. The molecule has 0 bridgehead atoms. The lowest BCUT2D eigenvalue weighted by molar-refractivity contribution is 0.0690. The summed E-state index contributed by atoms with van der Waals surface area (Å²) in [5.74, 6) is 0.677. The quantitative estimate of drug-likeness (QED) is 0.772. The number of amides is 1. The van der Waals surface area contributed by atoms with Gasteiger partial charge in [-0.3, -0.25) is 9.10 Å². The van der Waals surface area contributed by atoms with Crippen molar-refractivity contribution in [2.24, 2.45) is 5.92 Å². The lowest BCUT2D eigenvalue weighted by atomic mass is 9.90. The van der Waals surface area contributed by atoms with Crippen LogP contribution in [0.5, 0.6) is 0 Å². The highest BCUT2D eigenvalue weighted by Crippen LogP contribution is 2.31. The average Bonchev–Trinajstić information content (AvgIpc) is 2.73. The van der Waals surface area contributed by atoms with E-state index in [1.165, 1.54) is 16.1 Å². The molecule has 1 amide bonds. The maximum atomic E-state index is 13.0. The molecule has 0 radical (unpaired) electrons. The van der Waals surface area contributed by atoms with Crippen molar-refractivity contribution < 1.29 is 13.2 Å². The average molecular weight is 413 g/mol. The van der Waals surface area contributed by atoms with Crippen LogP contribution in [0, 0.1) is 5.92 Å². The molecule has 0 aromatic heterocycles. The first kappa shape index (κ1) is 20.0. The number of nitrogens with zero attached hydrogens (tertiary/aromatic N) is 2. The van der Waals surface area contributed by atoms with Gasteiger partial charge in [0.2, 0.25) is 10.0 Å². The number of hydrogen-bond donors (Lipinski definition) is 0. The van der Waals surface area contributed by atoms with E-state index in [-0.39, 0.29) is 5.91 Å². The minimum atomic E-state index is -3.29. The van der Waals surface area contributed by atoms with Crippen LogP contribution in [0.4, 0.5) is 5.69 Å². The van der Waals surface area contributed by atoms with Gasteiger partial charge >= 0.3 is 0 Å². The van der Waals surface area contributed by atoms with Crippen molar-refractivity contribution >= 4 is 21.6 Å². The van der Waals surface area contributed by atoms with Gasteiger partial charge in [0.15, 0.2) is 0 Å². The Bertz CT molecular complexity index is 980. The lowest BCUT2D eigenvalue weighted by Gasteiger charge is -2.33. The summed E-state index contributed by atoms with van der Waals surface area (Å²) in [6.45, 7) is 2.07. The van der Waals surface area contributed by atoms with E-state index in [4.69, 9.17) is 0 Å². The van der Waals surface area contributed by atoms with Crippen molar-refractivity contribution in [3.63, 3.8) is 0 Å². The first-order valence-electron chi connectivity index (χ1n) is 10.4. The smallest absolute Gasteiger partial charge is 0.253 e. The Balaban J connectivity index is 1.42. The van der Waals surface area contributed by atoms with Gasteiger partial charge in [-0.25, -0.2) is 8.42 Å². The second kappa shape index (κ2) is 8.19. The van der Waals surface area contributed by atoms with E-state index in [2.05, 4.69) is 24.3 Å². The Kier molecular flexibility index (Phi) is 5.63. The van der Waals surface area contributed by atoms with Gasteiger partial charge in [-0.15, -0.1) is 0 Å². The topological polar surface area (TPSA) is 57.7 Å². The van der Waals surface area contributed by atoms with E-state index in [0.717, 1.165) is 56.4 Å². The largest absolute Gasteiger partial charge is 0.339 e. The highest BCUT2D eigenvalue weighted by Gasteiger charge is 2.27.